The van der Waals surface area contributed by atoms with Crippen LogP contribution >= 0.6 is 11.6 Å². The van der Waals surface area contributed by atoms with Crippen molar-refractivity contribution in [3.8, 4) is 0 Å². The average Bonchev–Trinajstić information content (AvgIpc) is 2.62. The van der Waals surface area contributed by atoms with Crippen LogP contribution < -0.4 is 5.32 Å². The van der Waals surface area contributed by atoms with Gasteiger partial charge in [-0.2, -0.15) is 0 Å². The van der Waals surface area contributed by atoms with E-state index in [1.807, 2.05) is 0 Å². The number of para-hydroxylation sites is 1. The molecule has 0 heterocycles. The molecule has 7 heteroatoms. The normalized spacial score (nSPS) is 10.0. The predicted molar refractivity (Wildman–Crippen MR) is 94.8 cm³/mol. The second kappa shape index (κ2) is 8.30. The molecule has 0 saturated carbocycles. The molecule has 0 aromatic heterocycles. The minimum atomic E-state index is -0.480. The Morgan fingerprint density at radius 3 is 2.24 bits per heavy atom. The van der Waals surface area contributed by atoms with Crippen molar-refractivity contribution in [3.63, 3.8) is 0 Å². The molecule has 1 N–H and O–H groups in total. The van der Waals surface area contributed by atoms with E-state index in [2.05, 4.69) is 10.1 Å². The van der Waals surface area contributed by atoms with Crippen LogP contribution in [0.5, 0.6) is 0 Å². The summed E-state index contributed by atoms with van der Waals surface area (Å²) in [5.41, 5.74) is 1.19. The maximum absolute atomic E-state index is 12.4. The largest absolute Gasteiger partial charge is 0.465 e. The third-order valence-electron chi connectivity index (χ3n) is 3.43. The number of carbonyl (C=O) groups excluding carboxylic acids is 3. The summed E-state index contributed by atoms with van der Waals surface area (Å²) in [4.78, 5) is 37.1. The van der Waals surface area contributed by atoms with Crippen LogP contribution in [0, 0.1) is 0 Å². The van der Waals surface area contributed by atoms with Crippen molar-refractivity contribution in [1.82, 2.24) is 4.90 Å². The third kappa shape index (κ3) is 4.81. The number of hydrogen-bond acceptors (Lipinski definition) is 4. The molecule has 2 amide bonds. The molecule has 0 aliphatic rings. The van der Waals surface area contributed by atoms with Crippen LogP contribution in [0.2, 0.25) is 5.02 Å². The smallest absolute Gasteiger partial charge is 0.337 e. The Kier molecular flexibility index (Phi) is 6.14. The second-order valence-corrected chi connectivity index (χ2v) is 5.67. The van der Waals surface area contributed by atoms with Crippen LogP contribution in [0.4, 0.5) is 5.69 Å². The van der Waals surface area contributed by atoms with E-state index in [-0.39, 0.29) is 18.4 Å². The minimum Gasteiger partial charge on any atom is -0.465 e. The predicted octanol–water partition coefficient (Wildman–Crippen LogP) is 2.84. The summed E-state index contributed by atoms with van der Waals surface area (Å²) in [6.07, 6.45) is 0. The van der Waals surface area contributed by atoms with Gasteiger partial charge < -0.3 is 15.0 Å². The van der Waals surface area contributed by atoms with Crippen LogP contribution in [0.15, 0.2) is 48.5 Å². The molecule has 0 aliphatic carbocycles. The fourth-order valence-electron chi connectivity index (χ4n) is 2.13. The van der Waals surface area contributed by atoms with E-state index in [9.17, 15) is 14.4 Å². The first-order valence-electron chi connectivity index (χ1n) is 7.40. The summed E-state index contributed by atoms with van der Waals surface area (Å²) >= 11 is 5.98. The van der Waals surface area contributed by atoms with Crippen molar-refractivity contribution in [1.29, 1.82) is 0 Å². The molecule has 0 bridgehead atoms. The summed E-state index contributed by atoms with van der Waals surface area (Å²) in [6, 6.07) is 12.9. The highest BCUT2D eigenvalue weighted by Gasteiger charge is 2.16. The number of nitrogens with zero attached hydrogens (tertiary/aromatic N) is 1. The molecule has 0 unspecified atom stereocenters. The van der Waals surface area contributed by atoms with E-state index in [1.165, 1.54) is 43.3 Å². The highest BCUT2D eigenvalue weighted by atomic mass is 35.5. The topological polar surface area (TPSA) is 75.7 Å². The van der Waals surface area contributed by atoms with Gasteiger partial charge in [0.25, 0.3) is 5.91 Å². The molecule has 2 aromatic carbocycles. The van der Waals surface area contributed by atoms with E-state index in [1.54, 1.807) is 24.3 Å². The molecular weight excluding hydrogens is 344 g/mol. The Morgan fingerprint density at radius 2 is 1.64 bits per heavy atom. The van der Waals surface area contributed by atoms with Gasteiger partial charge in [0, 0.05) is 12.6 Å². The van der Waals surface area contributed by atoms with Gasteiger partial charge in [-0.25, -0.2) is 4.79 Å². The zero-order valence-electron chi connectivity index (χ0n) is 13.8. The van der Waals surface area contributed by atoms with E-state index in [0.29, 0.717) is 21.8 Å². The molecular formula is C18H17ClN2O4. The fraction of sp³-hybridized carbons (Fsp3) is 0.167. The molecule has 25 heavy (non-hydrogen) atoms. The molecule has 2 rings (SSSR count). The van der Waals surface area contributed by atoms with Gasteiger partial charge in [0.05, 0.1) is 29.9 Å². The number of ether oxygens (including phenoxy) is 1. The first-order chi connectivity index (χ1) is 11.9. The number of rotatable bonds is 5. The number of amides is 2. The minimum absolute atomic E-state index is 0.136. The number of likely N-dealkylation sites (N-methyl/N-ethyl adjacent to an activating group) is 1. The molecule has 0 fully saturated rings. The summed E-state index contributed by atoms with van der Waals surface area (Å²) in [6.45, 7) is -0.136. The molecule has 6 nitrogen and oxygen atoms in total. The van der Waals surface area contributed by atoms with Crippen LogP contribution in [-0.4, -0.2) is 43.4 Å². The summed E-state index contributed by atoms with van der Waals surface area (Å²) < 4.78 is 4.60. The zero-order chi connectivity index (χ0) is 18.4. The third-order valence-corrected chi connectivity index (χ3v) is 3.76. The molecule has 0 spiro atoms. The highest BCUT2D eigenvalue weighted by molar-refractivity contribution is 6.33. The van der Waals surface area contributed by atoms with E-state index in [4.69, 9.17) is 11.6 Å². The van der Waals surface area contributed by atoms with E-state index >= 15 is 0 Å². The first kappa shape index (κ1) is 18.5. The van der Waals surface area contributed by atoms with E-state index < -0.39 is 5.97 Å². The molecule has 0 atom stereocenters. The SMILES string of the molecule is COC(=O)c1ccc(C(=O)N(C)CC(=O)Nc2ccccc2Cl)cc1. The number of nitrogens with one attached hydrogen (secondary N) is 1. The lowest BCUT2D eigenvalue weighted by atomic mass is 10.1. The lowest BCUT2D eigenvalue weighted by Crippen LogP contribution is -2.35. The Balaban J connectivity index is 1.99. The Labute approximate surface area is 150 Å². The van der Waals surface area contributed by atoms with Gasteiger partial charge in [-0.1, -0.05) is 23.7 Å². The maximum atomic E-state index is 12.4. The lowest BCUT2D eigenvalue weighted by molar-refractivity contribution is -0.116. The number of benzene rings is 2. The van der Waals surface area contributed by atoms with Crippen LogP contribution in [0.3, 0.4) is 0 Å². The van der Waals surface area contributed by atoms with E-state index in [0.717, 1.165) is 0 Å². The van der Waals surface area contributed by atoms with Crippen molar-refractivity contribution in [3.05, 3.63) is 64.7 Å². The highest BCUT2D eigenvalue weighted by Crippen LogP contribution is 2.20. The molecule has 0 radical (unpaired) electrons. The summed E-state index contributed by atoms with van der Waals surface area (Å²) in [7, 11) is 2.80. The standard InChI is InChI=1S/C18H17ClN2O4/c1-21(11-16(22)20-15-6-4-3-5-14(15)19)17(23)12-7-9-13(10-8-12)18(24)25-2/h3-10H,11H2,1-2H3,(H,20,22). The number of anilines is 1. The Bertz CT molecular complexity index is 790. The van der Waals surface area contributed by atoms with Gasteiger partial charge in [0.1, 0.15) is 0 Å². The zero-order valence-corrected chi connectivity index (χ0v) is 14.5. The Hall–Kier alpha value is -2.86. The van der Waals surface area contributed by atoms with Gasteiger partial charge in [0.2, 0.25) is 5.91 Å². The lowest BCUT2D eigenvalue weighted by Gasteiger charge is -2.17. The van der Waals surface area contributed by atoms with Crippen LogP contribution in [0.1, 0.15) is 20.7 Å². The van der Waals surface area contributed by atoms with Gasteiger partial charge in [0.15, 0.2) is 0 Å². The number of esters is 1. The molecule has 0 saturated heterocycles. The number of carbonyl (C=O) groups is 3. The van der Waals surface area contributed by atoms with Gasteiger partial charge >= 0.3 is 5.97 Å². The van der Waals surface area contributed by atoms with Gasteiger partial charge in [-0.15, -0.1) is 0 Å². The maximum Gasteiger partial charge on any atom is 0.337 e. The number of hydrogen-bond donors (Lipinski definition) is 1. The fourth-order valence-corrected chi connectivity index (χ4v) is 2.31. The number of halogens is 1. The van der Waals surface area contributed by atoms with Crippen molar-refractivity contribution in [2.24, 2.45) is 0 Å². The molecule has 0 aliphatic heterocycles. The molecule has 130 valence electrons. The summed E-state index contributed by atoms with van der Waals surface area (Å²) in [5.74, 6) is -1.19. The first-order valence-corrected chi connectivity index (χ1v) is 7.78. The number of methoxy groups -OCH3 is 1. The van der Waals surface area contributed by atoms with Crippen LogP contribution in [0.25, 0.3) is 0 Å². The Morgan fingerprint density at radius 1 is 1.04 bits per heavy atom. The monoisotopic (exact) mass is 360 g/mol. The second-order valence-electron chi connectivity index (χ2n) is 5.26. The van der Waals surface area contributed by atoms with Gasteiger partial charge in [-0.05, 0) is 36.4 Å². The van der Waals surface area contributed by atoms with Crippen molar-refractivity contribution in [2.75, 3.05) is 26.0 Å². The van der Waals surface area contributed by atoms with Crippen molar-refractivity contribution >= 4 is 35.1 Å². The van der Waals surface area contributed by atoms with Gasteiger partial charge in [-0.3, -0.25) is 9.59 Å². The molecule has 2 aromatic rings. The quantitative estimate of drug-likeness (QED) is 0.832. The summed E-state index contributed by atoms with van der Waals surface area (Å²) in [5, 5.41) is 3.07. The van der Waals surface area contributed by atoms with Crippen molar-refractivity contribution in [2.45, 2.75) is 0 Å². The average molecular weight is 361 g/mol. The van der Waals surface area contributed by atoms with Crippen LogP contribution in [-0.2, 0) is 9.53 Å². The van der Waals surface area contributed by atoms with Crippen molar-refractivity contribution < 1.29 is 19.1 Å².